The normalized spacial score (nSPS) is 13.7. The molecule has 0 saturated heterocycles. The molecule has 1 aromatic carbocycles. The van der Waals surface area contributed by atoms with Crippen LogP contribution in [0, 0.1) is 0 Å². The van der Waals surface area contributed by atoms with Gasteiger partial charge in [0.15, 0.2) is 5.84 Å². The number of rotatable bonds is 2. The Labute approximate surface area is 99.5 Å². The van der Waals surface area contributed by atoms with Crippen LogP contribution >= 0.6 is 15.9 Å². The summed E-state index contributed by atoms with van der Waals surface area (Å²) in [5, 5.41) is 6.47. The SMILES string of the molecule is NC(=O)Nc1ccc(Br)cc1C1=NNNN1. The quantitative estimate of drug-likeness (QED) is 0.536. The standard InChI is InChI=1S/C8H9BrN6O/c9-4-1-2-6(11-8(10)16)5(3-4)7-12-14-15-13-7/h1-3,14-15H,(H,12,13)(H3,10,11,16). The van der Waals surface area contributed by atoms with Gasteiger partial charge in [-0.25, -0.2) is 10.3 Å². The molecule has 1 aromatic rings. The van der Waals surface area contributed by atoms with Crippen molar-refractivity contribution in [1.82, 2.24) is 16.5 Å². The van der Waals surface area contributed by atoms with Crippen molar-refractivity contribution in [1.29, 1.82) is 0 Å². The van der Waals surface area contributed by atoms with E-state index < -0.39 is 6.03 Å². The first-order valence-corrected chi connectivity index (χ1v) is 5.16. The van der Waals surface area contributed by atoms with Gasteiger partial charge in [-0.05, 0) is 18.2 Å². The van der Waals surface area contributed by atoms with Gasteiger partial charge in [0.2, 0.25) is 0 Å². The van der Waals surface area contributed by atoms with Crippen LogP contribution in [0.15, 0.2) is 27.8 Å². The summed E-state index contributed by atoms with van der Waals surface area (Å²) in [4.78, 5) is 10.8. The maximum Gasteiger partial charge on any atom is 0.316 e. The highest BCUT2D eigenvalue weighted by Crippen LogP contribution is 2.21. The number of amidine groups is 1. The highest BCUT2D eigenvalue weighted by Gasteiger charge is 2.14. The van der Waals surface area contributed by atoms with Crippen molar-refractivity contribution in [2.75, 3.05) is 5.32 Å². The van der Waals surface area contributed by atoms with Crippen LogP contribution in [0.1, 0.15) is 5.56 Å². The van der Waals surface area contributed by atoms with E-state index in [2.05, 4.69) is 42.8 Å². The predicted molar refractivity (Wildman–Crippen MR) is 63.3 cm³/mol. The zero-order valence-electron chi connectivity index (χ0n) is 8.04. The molecule has 0 aliphatic carbocycles. The third-order valence-corrected chi connectivity index (χ3v) is 2.39. The molecular formula is C8H9BrN6O. The van der Waals surface area contributed by atoms with Crippen LogP contribution in [0.25, 0.3) is 0 Å². The molecule has 16 heavy (non-hydrogen) atoms. The fraction of sp³-hybridized carbons (Fsp3) is 0. The average molecular weight is 285 g/mol. The first-order valence-electron chi connectivity index (χ1n) is 4.37. The van der Waals surface area contributed by atoms with E-state index in [0.29, 0.717) is 17.1 Å². The fourth-order valence-corrected chi connectivity index (χ4v) is 1.64. The molecule has 0 aromatic heterocycles. The molecule has 84 valence electrons. The minimum absolute atomic E-state index is 0.560. The summed E-state index contributed by atoms with van der Waals surface area (Å²) in [6, 6.07) is 4.71. The summed E-state index contributed by atoms with van der Waals surface area (Å²) >= 11 is 3.34. The molecule has 1 aliphatic rings. The van der Waals surface area contributed by atoms with Gasteiger partial charge < -0.3 is 11.1 Å². The second-order valence-electron chi connectivity index (χ2n) is 3.00. The number of benzene rings is 1. The van der Waals surface area contributed by atoms with E-state index >= 15 is 0 Å². The molecule has 0 spiro atoms. The Morgan fingerprint density at radius 2 is 2.31 bits per heavy atom. The molecule has 6 N–H and O–H groups in total. The first-order chi connectivity index (χ1) is 7.66. The summed E-state index contributed by atoms with van der Waals surface area (Å²) in [5.41, 5.74) is 14.3. The van der Waals surface area contributed by atoms with E-state index in [1.165, 1.54) is 0 Å². The summed E-state index contributed by atoms with van der Waals surface area (Å²) in [7, 11) is 0. The van der Waals surface area contributed by atoms with Crippen molar-refractivity contribution in [2.24, 2.45) is 10.8 Å². The van der Waals surface area contributed by atoms with Crippen molar-refractivity contribution in [2.45, 2.75) is 0 Å². The van der Waals surface area contributed by atoms with Crippen molar-refractivity contribution in [3.8, 4) is 0 Å². The van der Waals surface area contributed by atoms with Crippen molar-refractivity contribution in [3.05, 3.63) is 28.2 Å². The Hall–Kier alpha value is -1.80. The van der Waals surface area contributed by atoms with Gasteiger partial charge in [-0.2, -0.15) is 0 Å². The number of carbonyl (C=O) groups is 1. The number of hydrazone groups is 1. The molecule has 0 atom stereocenters. The molecule has 0 unspecified atom stereocenters. The fourth-order valence-electron chi connectivity index (χ4n) is 1.28. The lowest BCUT2D eigenvalue weighted by Crippen LogP contribution is -2.35. The van der Waals surface area contributed by atoms with Gasteiger partial charge >= 0.3 is 6.03 Å². The summed E-state index contributed by atoms with van der Waals surface area (Å²) < 4.78 is 0.869. The predicted octanol–water partition coefficient (Wildman–Crippen LogP) is 0.214. The van der Waals surface area contributed by atoms with Gasteiger partial charge in [-0.1, -0.05) is 15.9 Å². The number of nitrogens with one attached hydrogen (secondary N) is 4. The van der Waals surface area contributed by atoms with Gasteiger partial charge in [0.05, 0.1) is 5.69 Å². The number of nitrogens with two attached hydrogens (primary N) is 1. The van der Waals surface area contributed by atoms with E-state index in [-0.39, 0.29) is 0 Å². The van der Waals surface area contributed by atoms with Crippen molar-refractivity contribution >= 4 is 33.5 Å². The second kappa shape index (κ2) is 4.37. The van der Waals surface area contributed by atoms with E-state index in [4.69, 9.17) is 5.73 Å². The number of amides is 2. The minimum atomic E-state index is -0.622. The monoisotopic (exact) mass is 284 g/mol. The Bertz CT molecular complexity index is 460. The van der Waals surface area contributed by atoms with Crippen LogP contribution in [-0.4, -0.2) is 11.9 Å². The van der Waals surface area contributed by atoms with Crippen LogP contribution in [0.2, 0.25) is 0 Å². The van der Waals surface area contributed by atoms with Gasteiger partial charge in [0.25, 0.3) is 0 Å². The number of halogens is 1. The number of nitrogens with zero attached hydrogens (tertiary/aromatic N) is 1. The third-order valence-electron chi connectivity index (χ3n) is 1.90. The molecule has 8 heteroatoms. The van der Waals surface area contributed by atoms with E-state index in [0.717, 1.165) is 4.47 Å². The first kappa shape index (κ1) is 10.7. The summed E-state index contributed by atoms with van der Waals surface area (Å²) in [5.74, 6) is 0.560. The smallest absolute Gasteiger partial charge is 0.316 e. The molecule has 1 aliphatic heterocycles. The molecular weight excluding hydrogens is 276 g/mol. The number of anilines is 1. The van der Waals surface area contributed by atoms with Crippen LogP contribution < -0.4 is 27.5 Å². The highest BCUT2D eigenvalue weighted by molar-refractivity contribution is 9.10. The van der Waals surface area contributed by atoms with Gasteiger partial charge in [-0.15, -0.1) is 10.6 Å². The molecule has 1 heterocycles. The van der Waals surface area contributed by atoms with E-state index in [1.807, 2.05) is 6.07 Å². The second-order valence-corrected chi connectivity index (χ2v) is 3.92. The Balaban J connectivity index is 2.39. The van der Waals surface area contributed by atoms with Crippen LogP contribution in [0.5, 0.6) is 0 Å². The lowest BCUT2D eigenvalue weighted by molar-refractivity contribution is 0.259. The lowest BCUT2D eigenvalue weighted by Gasteiger charge is -2.09. The Morgan fingerprint density at radius 1 is 1.50 bits per heavy atom. The number of primary amides is 1. The van der Waals surface area contributed by atoms with Gasteiger partial charge in [-0.3, -0.25) is 5.43 Å². The number of hydrogen-bond donors (Lipinski definition) is 5. The Kier molecular flexibility index (Phi) is 2.93. The highest BCUT2D eigenvalue weighted by atomic mass is 79.9. The molecule has 2 rings (SSSR count). The minimum Gasteiger partial charge on any atom is -0.351 e. The molecule has 0 bridgehead atoms. The van der Waals surface area contributed by atoms with Crippen molar-refractivity contribution in [3.63, 3.8) is 0 Å². The average Bonchev–Trinajstić information content (AvgIpc) is 2.73. The van der Waals surface area contributed by atoms with E-state index in [1.54, 1.807) is 12.1 Å². The van der Waals surface area contributed by atoms with Crippen LogP contribution in [0.4, 0.5) is 10.5 Å². The number of hydrogen-bond acceptors (Lipinski definition) is 5. The largest absolute Gasteiger partial charge is 0.351 e. The summed E-state index contributed by atoms with van der Waals surface area (Å²) in [6.07, 6.45) is 0. The summed E-state index contributed by atoms with van der Waals surface area (Å²) in [6.45, 7) is 0. The maximum absolute atomic E-state index is 10.8. The molecule has 2 amide bonds. The number of carbonyl (C=O) groups excluding carboxylic acids is 1. The van der Waals surface area contributed by atoms with Crippen LogP contribution in [0.3, 0.4) is 0 Å². The number of hydrazine groups is 2. The third kappa shape index (κ3) is 2.23. The van der Waals surface area contributed by atoms with Crippen LogP contribution in [-0.2, 0) is 0 Å². The lowest BCUT2D eigenvalue weighted by atomic mass is 10.1. The molecule has 0 fully saturated rings. The topological polar surface area (TPSA) is 104 Å². The maximum atomic E-state index is 10.8. The number of urea groups is 1. The van der Waals surface area contributed by atoms with Crippen molar-refractivity contribution < 1.29 is 4.79 Å². The Morgan fingerprint density at radius 3 is 2.94 bits per heavy atom. The molecule has 7 nitrogen and oxygen atoms in total. The molecule has 0 saturated carbocycles. The zero-order chi connectivity index (χ0) is 11.5. The van der Waals surface area contributed by atoms with Gasteiger partial charge in [0.1, 0.15) is 0 Å². The zero-order valence-corrected chi connectivity index (χ0v) is 9.63. The molecule has 0 radical (unpaired) electrons. The van der Waals surface area contributed by atoms with Gasteiger partial charge in [0, 0.05) is 10.0 Å². The van der Waals surface area contributed by atoms with E-state index in [9.17, 15) is 4.79 Å².